The third kappa shape index (κ3) is 3.50. The summed E-state index contributed by atoms with van der Waals surface area (Å²) in [5, 5.41) is 2.24. The highest BCUT2D eigenvalue weighted by Crippen LogP contribution is 1.83. The van der Waals surface area contributed by atoms with Crippen LogP contribution in [0.25, 0.3) is 0 Å². The van der Waals surface area contributed by atoms with Crippen molar-refractivity contribution in [3.8, 4) is 0 Å². The Morgan fingerprint density at radius 3 is 1.91 bits per heavy atom. The summed E-state index contributed by atoms with van der Waals surface area (Å²) in [5.74, 6) is -1.47. The monoisotopic (exact) mass is 157 g/mol. The number of rotatable bonds is 3. The molecule has 0 aliphatic rings. The molecule has 0 saturated carbocycles. The van der Waals surface area contributed by atoms with E-state index < -0.39 is 17.7 Å². The lowest BCUT2D eigenvalue weighted by atomic mass is 10.2. The molecular weight excluding hydrogens is 146 g/mol. The average Bonchev–Trinajstić information content (AvgIpc) is 1.87. The largest absolute Gasteiger partial charge is 0.340 e. The first-order chi connectivity index (χ1) is 4.95. The van der Waals surface area contributed by atoms with E-state index in [2.05, 4.69) is 5.32 Å². The minimum absolute atomic E-state index is 0.167. The van der Waals surface area contributed by atoms with E-state index in [1.165, 1.54) is 13.8 Å². The Kier molecular flexibility index (Phi) is 3.44. The van der Waals surface area contributed by atoms with Crippen LogP contribution in [-0.2, 0) is 14.4 Å². The number of amides is 1. The van der Waals surface area contributed by atoms with Gasteiger partial charge in [-0.25, -0.2) is 0 Å². The van der Waals surface area contributed by atoms with Gasteiger partial charge in [-0.2, -0.15) is 0 Å². The number of nitrogens with one attached hydrogen (secondary N) is 1. The maximum Gasteiger partial charge on any atom is 0.287 e. The van der Waals surface area contributed by atoms with Crippen LogP contribution in [0.15, 0.2) is 0 Å². The van der Waals surface area contributed by atoms with Crippen LogP contribution >= 0.6 is 0 Å². The fourth-order valence-electron chi connectivity index (χ4n) is 0.400. The van der Waals surface area contributed by atoms with Gasteiger partial charge in [-0.05, 0) is 13.8 Å². The highest BCUT2D eigenvalue weighted by molar-refractivity contribution is 6.35. The summed E-state index contributed by atoms with van der Waals surface area (Å²) in [5.41, 5.74) is 0. The van der Waals surface area contributed by atoms with E-state index in [0.29, 0.717) is 0 Å². The van der Waals surface area contributed by atoms with Crippen molar-refractivity contribution in [2.75, 3.05) is 0 Å². The third-order valence-electron chi connectivity index (χ3n) is 1.28. The van der Waals surface area contributed by atoms with Crippen LogP contribution in [0.1, 0.15) is 20.8 Å². The van der Waals surface area contributed by atoms with Crippen LogP contribution in [0.2, 0.25) is 0 Å². The number of carbonyl (C=O) groups excluding carboxylic acids is 3. The van der Waals surface area contributed by atoms with Gasteiger partial charge in [0.05, 0.1) is 6.04 Å². The molecule has 4 heteroatoms. The highest BCUT2D eigenvalue weighted by atomic mass is 16.2. The topological polar surface area (TPSA) is 63.2 Å². The summed E-state index contributed by atoms with van der Waals surface area (Å²) < 4.78 is 0. The molecule has 62 valence electrons. The molecule has 0 bridgehead atoms. The van der Waals surface area contributed by atoms with Crippen LogP contribution in [0, 0.1) is 0 Å². The van der Waals surface area contributed by atoms with Crippen molar-refractivity contribution in [3.63, 3.8) is 0 Å². The van der Waals surface area contributed by atoms with Crippen molar-refractivity contribution < 1.29 is 14.4 Å². The lowest BCUT2D eigenvalue weighted by molar-refractivity contribution is -0.137. The van der Waals surface area contributed by atoms with E-state index in [0.717, 1.165) is 6.92 Å². The summed E-state index contributed by atoms with van der Waals surface area (Å²) in [6, 6.07) is -0.577. The summed E-state index contributed by atoms with van der Waals surface area (Å²) in [6.07, 6.45) is 0. The molecule has 11 heavy (non-hydrogen) atoms. The maximum absolute atomic E-state index is 10.6. The average molecular weight is 157 g/mol. The molecule has 4 nitrogen and oxygen atoms in total. The van der Waals surface area contributed by atoms with E-state index in [-0.39, 0.29) is 5.78 Å². The fourth-order valence-corrected chi connectivity index (χ4v) is 0.400. The first-order valence-corrected chi connectivity index (χ1v) is 3.27. The van der Waals surface area contributed by atoms with E-state index >= 15 is 0 Å². The Balaban J connectivity index is 3.95. The molecule has 0 fully saturated rings. The highest BCUT2D eigenvalue weighted by Gasteiger charge is 2.13. The summed E-state index contributed by atoms with van der Waals surface area (Å²) in [4.78, 5) is 31.6. The van der Waals surface area contributed by atoms with Crippen LogP contribution in [0.4, 0.5) is 0 Å². The first kappa shape index (κ1) is 9.81. The zero-order chi connectivity index (χ0) is 9.02. The van der Waals surface area contributed by atoms with Crippen molar-refractivity contribution >= 4 is 17.5 Å². The number of hydrogen-bond donors (Lipinski definition) is 1. The van der Waals surface area contributed by atoms with Crippen molar-refractivity contribution in [3.05, 3.63) is 0 Å². The zero-order valence-corrected chi connectivity index (χ0v) is 6.80. The number of hydrogen-bond acceptors (Lipinski definition) is 3. The van der Waals surface area contributed by atoms with Crippen molar-refractivity contribution in [1.82, 2.24) is 5.32 Å². The quantitative estimate of drug-likeness (QED) is 0.570. The summed E-state index contributed by atoms with van der Waals surface area (Å²) in [6.45, 7) is 4.04. The molecule has 1 atom stereocenters. The van der Waals surface area contributed by atoms with Gasteiger partial charge in [0, 0.05) is 6.92 Å². The van der Waals surface area contributed by atoms with Crippen LogP contribution in [-0.4, -0.2) is 23.5 Å². The molecule has 0 aromatic heterocycles. The van der Waals surface area contributed by atoms with E-state index in [9.17, 15) is 14.4 Å². The second kappa shape index (κ2) is 3.85. The molecule has 0 aliphatic carbocycles. The minimum Gasteiger partial charge on any atom is -0.340 e. The van der Waals surface area contributed by atoms with Crippen LogP contribution in [0.5, 0.6) is 0 Å². The third-order valence-corrected chi connectivity index (χ3v) is 1.28. The van der Waals surface area contributed by atoms with Gasteiger partial charge in [-0.1, -0.05) is 0 Å². The fraction of sp³-hybridized carbons (Fsp3) is 0.571. The maximum atomic E-state index is 10.6. The van der Waals surface area contributed by atoms with Gasteiger partial charge in [-0.15, -0.1) is 0 Å². The van der Waals surface area contributed by atoms with Crippen LogP contribution in [0.3, 0.4) is 0 Å². The molecule has 0 aromatic rings. The predicted molar refractivity (Wildman–Crippen MR) is 39.0 cm³/mol. The smallest absolute Gasteiger partial charge is 0.287 e. The molecular formula is C7H11NO3. The number of Topliss-reactive ketones (excluding diaryl/α,β-unsaturated/α-hetero) is 2. The molecule has 0 saturated heterocycles. The minimum atomic E-state index is -0.715. The lowest BCUT2D eigenvalue weighted by Crippen LogP contribution is -2.40. The van der Waals surface area contributed by atoms with E-state index in [1.54, 1.807) is 0 Å². The predicted octanol–water partition coefficient (Wildman–Crippen LogP) is -0.331. The number of carbonyl (C=O) groups is 3. The Hall–Kier alpha value is -1.19. The van der Waals surface area contributed by atoms with Gasteiger partial charge in [0.2, 0.25) is 5.78 Å². The van der Waals surface area contributed by atoms with Crippen molar-refractivity contribution in [1.29, 1.82) is 0 Å². The van der Waals surface area contributed by atoms with Crippen LogP contribution < -0.4 is 5.32 Å². The Labute approximate surface area is 65.0 Å². The molecule has 1 N–H and O–H groups in total. The molecule has 0 aliphatic heterocycles. The van der Waals surface area contributed by atoms with E-state index in [4.69, 9.17) is 0 Å². The molecule has 1 amide bonds. The molecule has 0 unspecified atom stereocenters. The molecule has 0 rings (SSSR count). The normalized spacial score (nSPS) is 11.9. The molecule has 0 radical (unpaired) electrons. The second-order valence-electron chi connectivity index (χ2n) is 2.36. The van der Waals surface area contributed by atoms with Gasteiger partial charge in [0.25, 0.3) is 5.91 Å². The molecule has 0 heterocycles. The van der Waals surface area contributed by atoms with Gasteiger partial charge in [-0.3, -0.25) is 14.4 Å². The van der Waals surface area contributed by atoms with Gasteiger partial charge < -0.3 is 5.32 Å². The molecule has 0 spiro atoms. The second-order valence-corrected chi connectivity index (χ2v) is 2.36. The van der Waals surface area contributed by atoms with Gasteiger partial charge in [0.15, 0.2) is 5.78 Å². The van der Waals surface area contributed by atoms with Crippen molar-refractivity contribution in [2.24, 2.45) is 0 Å². The summed E-state index contributed by atoms with van der Waals surface area (Å²) in [7, 11) is 0. The standard InChI is InChI=1S/C7H11NO3/c1-4(5(2)9)8-7(11)6(3)10/h4H,1-3H3,(H,8,11)/t4-/m0/s1. The van der Waals surface area contributed by atoms with Gasteiger partial charge >= 0.3 is 0 Å². The van der Waals surface area contributed by atoms with Gasteiger partial charge in [0.1, 0.15) is 0 Å². The van der Waals surface area contributed by atoms with E-state index in [1.807, 2.05) is 0 Å². The zero-order valence-electron chi connectivity index (χ0n) is 6.80. The van der Waals surface area contributed by atoms with Crippen molar-refractivity contribution in [2.45, 2.75) is 26.8 Å². The molecule has 0 aromatic carbocycles. The first-order valence-electron chi connectivity index (χ1n) is 3.27. The Morgan fingerprint density at radius 1 is 1.18 bits per heavy atom. The summed E-state index contributed by atoms with van der Waals surface area (Å²) >= 11 is 0. The SMILES string of the molecule is CC(=O)C(=O)N[C@@H](C)C(C)=O. The Bertz CT molecular complexity index is 198. The lowest BCUT2D eigenvalue weighted by Gasteiger charge is -2.07. The number of ketones is 2. The Morgan fingerprint density at radius 2 is 1.64 bits per heavy atom.